The van der Waals surface area contributed by atoms with Crippen LogP contribution in [0.15, 0.2) is 35.7 Å². The van der Waals surface area contributed by atoms with E-state index in [0.717, 1.165) is 6.54 Å². The van der Waals surface area contributed by atoms with E-state index in [9.17, 15) is 9.59 Å². The van der Waals surface area contributed by atoms with Crippen molar-refractivity contribution in [3.63, 3.8) is 0 Å². The molecule has 8 heteroatoms. The Bertz CT molecular complexity index is 646. The third-order valence-electron chi connectivity index (χ3n) is 2.84. The fraction of sp³-hybridized carbons (Fsp3) is 0.267. The van der Waals surface area contributed by atoms with Crippen LogP contribution in [-0.2, 0) is 0 Å². The number of thiazole rings is 1. The quantitative estimate of drug-likeness (QED) is 0.833. The average molecular weight is 355 g/mol. The van der Waals surface area contributed by atoms with Gasteiger partial charge in [-0.05, 0) is 26.2 Å². The standard InChI is InChI=1S/C15H18N4O2S.ClH/c1-19(2)9-8-16-14(21)12-10-22-15(17-12)18-13(20)11-6-4-3-5-7-11;/h3-7,10H,8-9H2,1-2H3,(H,16,21)(H,17,18,20);1H. The number of carbonyl (C=O) groups is 2. The first-order valence-corrected chi connectivity index (χ1v) is 7.69. The highest BCUT2D eigenvalue weighted by molar-refractivity contribution is 7.14. The van der Waals surface area contributed by atoms with Crippen molar-refractivity contribution in [2.45, 2.75) is 0 Å². The molecular weight excluding hydrogens is 336 g/mol. The number of likely N-dealkylation sites (N-methyl/N-ethyl adjacent to an activating group) is 1. The first-order chi connectivity index (χ1) is 10.6. The van der Waals surface area contributed by atoms with Crippen molar-refractivity contribution in [1.82, 2.24) is 15.2 Å². The van der Waals surface area contributed by atoms with Gasteiger partial charge in [0.1, 0.15) is 5.69 Å². The summed E-state index contributed by atoms with van der Waals surface area (Å²) in [7, 11) is 3.87. The summed E-state index contributed by atoms with van der Waals surface area (Å²) in [4.78, 5) is 30.0. The molecule has 1 aromatic carbocycles. The summed E-state index contributed by atoms with van der Waals surface area (Å²) in [6, 6.07) is 8.87. The Morgan fingerprint density at radius 1 is 1.17 bits per heavy atom. The molecular formula is C15H19ClN4O2S. The Hall–Kier alpha value is -1.96. The molecule has 1 heterocycles. The van der Waals surface area contributed by atoms with E-state index >= 15 is 0 Å². The molecule has 0 bridgehead atoms. The molecule has 0 radical (unpaired) electrons. The molecule has 2 rings (SSSR count). The van der Waals surface area contributed by atoms with Gasteiger partial charge in [0.25, 0.3) is 11.8 Å². The van der Waals surface area contributed by atoms with Gasteiger partial charge in [-0.25, -0.2) is 4.98 Å². The summed E-state index contributed by atoms with van der Waals surface area (Å²) < 4.78 is 0. The Morgan fingerprint density at radius 3 is 2.52 bits per heavy atom. The molecule has 0 spiro atoms. The van der Waals surface area contributed by atoms with Gasteiger partial charge in [-0.2, -0.15) is 0 Å². The molecule has 1 aromatic heterocycles. The van der Waals surface area contributed by atoms with Gasteiger partial charge in [0.05, 0.1) is 0 Å². The van der Waals surface area contributed by atoms with Crippen molar-refractivity contribution < 1.29 is 9.59 Å². The molecule has 0 saturated carbocycles. The summed E-state index contributed by atoms with van der Waals surface area (Å²) >= 11 is 1.23. The van der Waals surface area contributed by atoms with Gasteiger partial charge in [-0.15, -0.1) is 23.7 Å². The second kappa shape index (κ2) is 9.24. The highest BCUT2D eigenvalue weighted by Gasteiger charge is 2.12. The van der Waals surface area contributed by atoms with E-state index in [1.165, 1.54) is 11.3 Å². The number of hydrogen-bond acceptors (Lipinski definition) is 5. The van der Waals surface area contributed by atoms with Crippen LogP contribution in [0.5, 0.6) is 0 Å². The van der Waals surface area contributed by atoms with Gasteiger partial charge in [0.2, 0.25) is 0 Å². The Morgan fingerprint density at radius 2 is 1.87 bits per heavy atom. The van der Waals surface area contributed by atoms with E-state index in [1.807, 2.05) is 25.1 Å². The van der Waals surface area contributed by atoms with Crippen LogP contribution in [0.4, 0.5) is 5.13 Å². The number of nitrogens with zero attached hydrogens (tertiary/aromatic N) is 2. The fourth-order valence-electron chi connectivity index (χ4n) is 1.68. The zero-order chi connectivity index (χ0) is 15.9. The number of anilines is 1. The summed E-state index contributed by atoms with van der Waals surface area (Å²) in [5.41, 5.74) is 0.863. The second-order valence-electron chi connectivity index (χ2n) is 4.92. The SMILES string of the molecule is CN(C)CCNC(=O)c1csc(NC(=O)c2ccccc2)n1.Cl. The van der Waals surface area contributed by atoms with E-state index in [-0.39, 0.29) is 24.2 Å². The van der Waals surface area contributed by atoms with Crippen molar-refractivity contribution >= 4 is 40.7 Å². The molecule has 0 atom stereocenters. The molecule has 0 unspecified atom stereocenters. The molecule has 6 nitrogen and oxygen atoms in total. The summed E-state index contributed by atoms with van der Waals surface area (Å²) in [5.74, 6) is -0.479. The van der Waals surface area contributed by atoms with E-state index in [0.29, 0.717) is 22.9 Å². The van der Waals surface area contributed by atoms with Crippen LogP contribution < -0.4 is 10.6 Å². The fourth-order valence-corrected chi connectivity index (χ4v) is 2.36. The molecule has 0 saturated heterocycles. The van der Waals surface area contributed by atoms with Gasteiger partial charge in [0.15, 0.2) is 5.13 Å². The van der Waals surface area contributed by atoms with Crippen molar-refractivity contribution in [3.05, 3.63) is 47.0 Å². The summed E-state index contributed by atoms with van der Waals surface area (Å²) in [6.45, 7) is 1.31. The number of benzene rings is 1. The average Bonchev–Trinajstić information content (AvgIpc) is 2.96. The third-order valence-corrected chi connectivity index (χ3v) is 3.60. The zero-order valence-electron chi connectivity index (χ0n) is 12.9. The molecule has 23 heavy (non-hydrogen) atoms. The number of aromatic nitrogens is 1. The number of hydrogen-bond donors (Lipinski definition) is 2. The zero-order valence-corrected chi connectivity index (χ0v) is 14.5. The normalized spacial score (nSPS) is 10.0. The lowest BCUT2D eigenvalue weighted by atomic mass is 10.2. The van der Waals surface area contributed by atoms with E-state index in [2.05, 4.69) is 15.6 Å². The number of amides is 2. The first kappa shape index (κ1) is 19.1. The van der Waals surface area contributed by atoms with Crippen LogP contribution in [0.3, 0.4) is 0 Å². The van der Waals surface area contributed by atoms with E-state index < -0.39 is 0 Å². The number of rotatable bonds is 6. The lowest BCUT2D eigenvalue weighted by molar-refractivity contribution is 0.0945. The molecule has 0 aliphatic heterocycles. The van der Waals surface area contributed by atoms with Gasteiger partial charge >= 0.3 is 0 Å². The maximum absolute atomic E-state index is 12.0. The largest absolute Gasteiger partial charge is 0.349 e. The maximum atomic E-state index is 12.0. The second-order valence-corrected chi connectivity index (χ2v) is 5.78. The Labute approximate surface area is 145 Å². The molecule has 2 amide bonds. The summed E-state index contributed by atoms with van der Waals surface area (Å²) in [5, 5.41) is 7.51. The van der Waals surface area contributed by atoms with Crippen molar-refractivity contribution in [2.75, 3.05) is 32.5 Å². The van der Waals surface area contributed by atoms with Crippen LogP contribution in [0.25, 0.3) is 0 Å². The predicted octanol–water partition coefficient (Wildman–Crippen LogP) is 2.11. The number of halogens is 1. The topological polar surface area (TPSA) is 74.3 Å². The van der Waals surface area contributed by atoms with Gasteiger partial charge in [0, 0.05) is 24.0 Å². The lowest BCUT2D eigenvalue weighted by Gasteiger charge is -2.09. The van der Waals surface area contributed by atoms with Crippen LogP contribution in [-0.4, -0.2) is 48.9 Å². The van der Waals surface area contributed by atoms with Crippen molar-refractivity contribution in [1.29, 1.82) is 0 Å². The summed E-state index contributed by atoms with van der Waals surface area (Å²) in [6.07, 6.45) is 0. The van der Waals surface area contributed by atoms with Gasteiger partial charge in [-0.1, -0.05) is 18.2 Å². The third kappa shape index (κ3) is 5.97. The Balaban J connectivity index is 0.00000264. The number of carbonyl (C=O) groups excluding carboxylic acids is 2. The maximum Gasteiger partial charge on any atom is 0.270 e. The predicted molar refractivity (Wildman–Crippen MR) is 94.6 cm³/mol. The molecule has 0 aliphatic carbocycles. The van der Waals surface area contributed by atoms with E-state index in [4.69, 9.17) is 0 Å². The smallest absolute Gasteiger partial charge is 0.270 e. The first-order valence-electron chi connectivity index (χ1n) is 6.81. The molecule has 0 aliphatic rings. The van der Waals surface area contributed by atoms with Crippen LogP contribution in [0.2, 0.25) is 0 Å². The van der Waals surface area contributed by atoms with Crippen molar-refractivity contribution in [3.8, 4) is 0 Å². The number of nitrogens with one attached hydrogen (secondary N) is 2. The lowest BCUT2D eigenvalue weighted by Crippen LogP contribution is -2.31. The highest BCUT2D eigenvalue weighted by atomic mass is 35.5. The van der Waals surface area contributed by atoms with Gasteiger partial charge in [-0.3, -0.25) is 14.9 Å². The minimum absolute atomic E-state index is 0. The molecule has 2 aromatic rings. The molecule has 124 valence electrons. The van der Waals surface area contributed by atoms with Crippen LogP contribution in [0, 0.1) is 0 Å². The molecule has 2 N–H and O–H groups in total. The minimum Gasteiger partial charge on any atom is -0.349 e. The molecule has 0 fully saturated rings. The van der Waals surface area contributed by atoms with Gasteiger partial charge < -0.3 is 10.2 Å². The monoisotopic (exact) mass is 354 g/mol. The van der Waals surface area contributed by atoms with Crippen molar-refractivity contribution in [2.24, 2.45) is 0 Å². The van der Waals surface area contributed by atoms with E-state index in [1.54, 1.807) is 29.6 Å². The minimum atomic E-state index is -0.241. The van der Waals surface area contributed by atoms with Crippen LogP contribution in [0.1, 0.15) is 20.8 Å². The highest BCUT2D eigenvalue weighted by Crippen LogP contribution is 2.16. The Kier molecular flexibility index (Phi) is 7.67. The van der Waals surface area contributed by atoms with Crippen LogP contribution >= 0.6 is 23.7 Å².